The molecular formula is C11H18F3NO4. The molecule has 0 saturated heterocycles. The largest absolute Gasteiger partial charge is 0.461 e. The van der Waals surface area contributed by atoms with E-state index in [1.165, 1.54) is 20.8 Å². The molecule has 0 radical (unpaired) electrons. The molecule has 0 spiro atoms. The van der Waals surface area contributed by atoms with E-state index in [1.807, 2.05) is 5.32 Å². The van der Waals surface area contributed by atoms with Crippen molar-refractivity contribution in [3.63, 3.8) is 0 Å². The third kappa shape index (κ3) is 6.30. The number of esters is 1. The number of hydrogen-bond acceptors (Lipinski definition) is 4. The molecule has 0 aliphatic heterocycles. The first kappa shape index (κ1) is 17.5. The normalized spacial score (nSPS) is 14.7. The molecule has 0 bridgehead atoms. The molecule has 2 atom stereocenters. The molecule has 112 valence electrons. The quantitative estimate of drug-likeness (QED) is 0.787. The Labute approximate surface area is 109 Å². The van der Waals surface area contributed by atoms with Crippen molar-refractivity contribution in [3.05, 3.63) is 0 Å². The van der Waals surface area contributed by atoms with Crippen LogP contribution in [0.2, 0.25) is 0 Å². The Morgan fingerprint density at radius 1 is 1.21 bits per heavy atom. The molecule has 0 aliphatic carbocycles. The fourth-order valence-corrected chi connectivity index (χ4v) is 1.18. The zero-order chi connectivity index (χ0) is 15.2. The maximum atomic E-state index is 12.6. The van der Waals surface area contributed by atoms with Gasteiger partial charge in [0.1, 0.15) is 6.04 Å². The molecule has 1 amide bonds. The van der Waals surface area contributed by atoms with Crippen molar-refractivity contribution >= 4 is 12.1 Å². The van der Waals surface area contributed by atoms with E-state index in [-0.39, 0.29) is 6.61 Å². The van der Waals surface area contributed by atoms with Gasteiger partial charge in [-0.1, -0.05) is 6.92 Å². The van der Waals surface area contributed by atoms with Gasteiger partial charge in [-0.05, 0) is 20.8 Å². The number of halogens is 3. The van der Waals surface area contributed by atoms with Gasteiger partial charge in [0.15, 0.2) is 0 Å². The SMILES string of the molecule is CCOC(=O)NC(C(=O)OC(C)C)C(C)C(F)(F)F. The second-order valence-corrected chi connectivity index (χ2v) is 4.16. The summed E-state index contributed by atoms with van der Waals surface area (Å²) < 4.78 is 47.1. The minimum Gasteiger partial charge on any atom is -0.461 e. The monoisotopic (exact) mass is 285 g/mol. The van der Waals surface area contributed by atoms with Gasteiger partial charge in [0.25, 0.3) is 0 Å². The second kappa shape index (κ2) is 7.20. The van der Waals surface area contributed by atoms with Crippen LogP contribution in [0.3, 0.4) is 0 Å². The highest BCUT2D eigenvalue weighted by Crippen LogP contribution is 2.29. The van der Waals surface area contributed by atoms with E-state index in [0.29, 0.717) is 0 Å². The van der Waals surface area contributed by atoms with Gasteiger partial charge in [-0.25, -0.2) is 9.59 Å². The Morgan fingerprint density at radius 2 is 1.74 bits per heavy atom. The van der Waals surface area contributed by atoms with Crippen molar-refractivity contribution in [1.29, 1.82) is 0 Å². The fourth-order valence-electron chi connectivity index (χ4n) is 1.18. The first-order chi connectivity index (χ1) is 8.59. The number of alkyl carbamates (subject to hydrolysis) is 1. The molecule has 5 nitrogen and oxygen atoms in total. The summed E-state index contributed by atoms with van der Waals surface area (Å²) in [7, 11) is 0. The number of ether oxygens (including phenoxy) is 2. The molecule has 0 saturated carbocycles. The lowest BCUT2D eigenvalue weighted by Crippen LogP contribution is -2.50. The predicted molar refractivity (Wildman–Crippen MR) is 60.4 cm³/mol. The van der Waals surface area contributed by atoms with Crippen molar-refractivity contribution in [2.75, 3.05) is 6.61 Å². The summed E-state index contributed by atoms with van der Waals surface area (Å²) in [4.78, 5) is 22.8. The van der Waals surface area contributed by atoms with Crippen molar-refractivity contribution in [3.8, 4) is 0 Å². The number of carbonyl (C=O) groups excluding carboxylic acids is 2. The highest BCUT2D eigenvalue weighted by molar-refractivity contribution is 5.81. The van der Waals surface area contributed by atoms with Gasteiger partial charge in [0.2, 0.25) is 0 Å². The van der Waals surface area contributed by atoms with E-state index < -0.39 is 36.3 Å². The topological polar surface area (TPSA) is 64.6 Å². The molecule has 0 aromatic heterocycles. The Balaban J connectivity index is 4.93. The third-order valence-electron chi connectivity index (χ3n) is 2.17. The molecule has 0 aromatic rings. The van der Waals surface area contributed by atoms with Gasteiger partial charge < -0.3 is 14.8 Å². The van der Waals surface area contributed by atoms with E-state index >= 15 is 0 Å². The molecule has 2 unspecified atom stereocenters. The summed E-state index contributed by atoms with van der Waals surface area (Å²) in [5.41, 5.74) is 0. The standard InChI is InChI=1S/C11H18F3NO4/c1-5-18-10(17)15-8(7(4)11(12,13)14)9(16)19-6(2)3/h6-8H,5H2,1-4H3,(H,15,17). The van der Waals surface area contributed by atoms with Gasteiger partial charge in [-0.3, -0.25) is 0 Å². The minimum atomic E-state index is -4.64. The van der Waals surface area contributed by atoms with Gasteiger partial charge in [0.05, 0.1) is 18.6 Å². The number of carbonyl (C=O) groups is 2. The summed E-state index contributed by atoms with van der Waals surface area (Å²) in [6, 6.07) is -1.83. The maximum Gasteiger partial charge on any atom is 0.407 e. The molecule has 19 heavy (non-hydrogen) atoms. The highest BCUT2D eigenvalue weighted by Gasteiger charge is 2.46. The first-order valence-electron chi connectivity index (χ1n) is 5.80. The van der Waals surface area contributed by atoms with Crippen LogP contribution in [0.1, 0.15) is 27.7 Å². The number of hydrogen-bond donors (Lipinski definition) is 1. The number of nitrogens with one attached hydrogen (secondary N) is 1. The molecule has 0 aromatic carbocycles. The second-order valence-electron chi connectivity index (χ2n) is 4.16. The van der Waals surface area contributed by atoms with Crippen LogP contribution in [-0.2, 0) is 14.3 Å². The van der Waals surface area contributed by atoms with Crippen LogP contribution in [0, 0.1) is 5.92 Å². The smallest absolute Gasteiger partial charge is 0.407 e. The van der Waals surface area contributed by atoms with Crippen molar-refractivity contribution in [2.45, 2.75) is 46.0 Å². The Hall–Kier alpha value is -1.47. The Morgan fingerprint density at radius 3 is 2.11 bits per heavy atom. The van der Waals surface area contributed by atoms with E-state index in [0.717, 1.165) is 6.92 Å². The van der Waals surface area contributed by atoms with Crippen LogP contribution in [0.4, 0.5) is 18.0 Å². The summed E-state index contributed by atoms with van der Waals surface area (Å²) in [5.74, 6) is -3.23. The lowest BCUT2D eigenvalue weighted by Gasteiger charge is -2.25. The average Bonchev–Trinajstić information content (AvgIpc) is 2.22. The van der Waals surface area contributed by atoms with Crippen LogP contribution in [0.15, 0.2) is 0 Å². The van der Waals surface area contributed by atoms with E-state index in [4.69, 9.17) is 4.74 Å². The van der Waals surface area contributed by atoms with E-state index in [9.17, 15) is 22.8 Å². The van der Waals surface area contributed by atoms with Crippen molar-refractivity contribution in [1.82, 2.24) is 5.32 Å². The zero-order valence-corrected chi connectivity index (χ0v) is 11.2. The maximum absolute atomic E-state index is 12.6. The number of alkyl halides is 3. The molecule has 0 rings (SSSR count). The molecular weight excluding hydrogens is 267 g/mol. The summed E-state index contributed by atoms with van der Waals surface area (Å²) in [6.07, 6.45) is -6.32. The molecule has 0 heterocycles. The van der Waals surface area contributed by atoms with Gasteiger partial charge in [0, 0.05) is 0 Å². The lowest BCUT2D eigenvalue weighted by atomic mass is 10.0. The van der Waals surface area contributed by atoms with E-state index in [1.54, 1.807) is 0 Å². The number of rotatable bonds is 5. The van der Waals surface area contributed by atoms with Gasteiger partial charge in [-0.15, -0.1) is 0 Å². The van der Waals surface area contributed by atoms with Gasteiger partial charge >= 0.3 is 18.2 Å². The van der Waals surface area contributed by atoms with E-state index in [2.05, 4.69) is 4.74 Å². The molecule has 8 heteroatoms. The third-order valence-corrected chi connectivity index (χ3v) is 2.17. The summed E-state index contributed by atoms with van der Waals surface area (Å²) in [6.45, 7) is 5.26. The number of amides is 1. The summed E-state index contributed by atoms with van der Waals surface area (Å²) >= 11 is 0. The predicted octanol–water partition coefficient (Wildman–Crippen LogP) is 2.25. The molecule has 0 fully saturated rings. The lowest BCUT2D eigenvalue weighted by molar-refractivity contribution is -0.188. The molecule has 0 aliphatic rings. The highest BCUT2D eigenvalue weighted by atomic mass is 19.4. The van der Waals surface area contributed by atoms with Crippen LogP contribution in [-0.4, -0.2) is 37.0 Å². The van der Waals surface area contributed by atoms with Crippen LogP contribution >= 0.6 is 0 Å². The first-order valence-corrected chi connectivity index (χ1v) is 5.80. The molecule has 1 N–H and O–H groups in total. The van der Waals surface area contributed by atoms with Crippen LogP contribution in [0.5, 0.6) is 0 Å². The zero-order valence-electron chi connectivity index (χ0n) is 11.2. The average molecular weight is 285 g/mol. The Bertz CT molecular complexity index is 318. The minimum absolute atomic E-state index is 0.0157. The van der Waals surface area contributed by atoms with Crippen molar-refractivity contribution in [2.24, 2.45) is 5.92 Å². The van der Waals surface area contributed by atoms with Crippen LogP contribution < -0.4 is 5.32 Å². The van der Waals surface area contributed by atoms with Crippen LogP contribution in [0.25, 0.3) is 0 Å². The summed E-state index contributed by atoms with van der Waals surface area (Å²) in [5, 5.41) is 1.87. The fraction of sp³-hybridized carbons (Fsp3) is 0.818. The Kier molecular flexibility index (Phi) is 6.64. The van der Waals surface area contributed by atoms with Crippen molar-refractivity contribution < 1.29 is 32.2 Å². The van der Waals surface area contributed by atoms with Gasteiger partial charge in [-0.2, -0.15) is 13.2 Å².